The molecule has 2 fully saturated rings. The van der Waals surface area contributed by atoms with Crippen molar-refractivity contribution >= 4 is 18.0 Å². The van der Waals surface area contributed by atoms with Gasteiger partial charge in [0.2, 0.25) is 5.91 Å². The predicted molar refractivity (Wildman–Crippen MR) is 169 cm³/mol. The molecule has 2 aliphatic carbocycles. The summed E-state index contributed by atoms with van der Waals surface area (Å²) in [6, 6.07) is 6.64. The van der Waals surface area contributed by atoms with Gasteiger partial charge in [-0.3, -0.25) is 4.79 Å². The molecule has 0 aromatic heterocycles. The summed E-state index contributed by atoms with van der Waals surface area (Å²) in [7, 11) is 0. The molecule has 0 saturated heterocycles. The number of nitrogens with one attached hydrogen (secondary N) is 1. The molecule has 0 bridgehead atoms. The zero-order valence-corrected chi connectivity index (χ0v) is 28.9. The van der Waals surface area contributed by atoms with Gasteiger partial charge in [-0.1, -0.05) is 39.3 Å². The van der Waals surface area contributed by atoms with Gasteiger partial charge in [0.15, 0.2) is 5.79 Å². The van der Waals surface area contributed by atoms with Gasteiger partial charge in [-0.05, 0) is 68.7 Å². The highest BCUT2D eigenvalue weighted by Crippen LogP contribution is 2.54. The SMILES string of the molecule is CCC(C)(C)C(=O)NC1CCC(OC(=O)/C=C/c2ccc(OCCOC3(OCCC(F)(F)C(F)(F)C(F)(F)C(F)(F)F)CCCCC3)cc2)CC1. The Labute approximate surface area is 291 Å². The lowest BCUT2D eigenvalue weighted by Crippen LogP contribution is -2.61. The highest BCUT2D eigenvalue weighted by Gasteiger charge is 2.81. The first-order chi connectivity index (χ1) is 23.6. The van der Waals surface area contributed by atoms with E-state index < -0.39 is 54.1 Å². The number of rotatable bonds is 17. The zero-order valence-electron chi connectivity index (χ0n) is 28.9. The van der Waals surface area contributed by atoms with E-state index in [-0.39, 0.29) is 44.1 Å². The molecule has 0 spiro atoms. The van der Waals surface area contributed by atoms with Gasteiger partial charge in [-0.2, -0.15) is 39.5 Å². The third-order valence-electron chi connectivity index (χ3n) is 9.41. The van der Waals surface area contributed by atoms with Crippen molar-refractivity contribution in [1.82, 2.24) is 5.32 Å². The van der Waals surface area contributed by atoms with Gasteiger partial charge in [-0.15, -0.1) is 0 Å². The molecule has 0 aliphatic heterocycles. The fourth-order valence-corrected chi connectivity index (χ4v) is 5.65. The summed E-state index contributed by atoms with van der Waals surface area (Å²) in [6.45, 7) is 4.32. The average Bonchev–Trinajstić information content (AvgIpc) is 3.07. The summed E-state index contributed by atoms with van der Waals surface area (Å²) in [5.74, 6) is -21.0. The number of hydrogen-bond donors (Lipinski definition) is 1. The molecule has 0 radical (unpaired) electrons. The van der Waals surface area contributed by atoms with Crippen molar-refractivity contribution in [1.29, 1.82) is 0 Å². The highest BCUT2D eigenvalue weighted by atomic mass is 19.4. The summed E-state index contributed by atoms with van der Waals surface area (Å²) in [5, 5.41) is 3.08. The Bertz CT molecular complexity index is 1300. The second-order valence-corrected chi connectivity index (χ2v) is 13.6. The standard InChI is InChI=1S/C35H46F9NO6/c1-4-30(2,3)29(47)45-25-11-15-27(16-12-25)51-28(46)17-10-24-8-13-26(14-9-24)48-22-23-50-31(18-6-5-7-19-31)49-21-20-32(36,37)33(38,39)34(40,41)35(42,43)44/h8-10,13-14,17,25,27H,4-7,11-12,15-16,18-23H2,1-3H3,(H,45,47)/b17-10+. The lowest BCUT2D eigenvalue weighted by molar-refractivity contribution is -0.398. The van der Waals surface area contributed by atoms with E-state index in [0.717, 1.165) is 12.8 Å². The van der Waals surface area contributed by atoms with Crippen molar-refractivity contribution in [3.05, 3.63) is 35.9 Å². The third kappa shape index (κ3) is 11.2. The Hall–Kier alpha value is -3.01. The van der Waals surface area contributed by atoms with Gasteiger partial charge >= 0.3 is 29.9 Å². The number of alkyl halides is 9. The van der Waals surface area contributed by atoms with Crippen LogP contribution in [0, 0.1) is 5.41 Å². The van der Waals surface area contributed by atoms with E-state index in [9.17, 15) is 49.1 Å². The molecule has 2 aliphatic rings. The van der Waals surface area contributed by atoms with Crippen molar-refractivity contribution in [2.75, 3.05) is 19.8 Å². The summed E-state index contributed by atoms with van der Waals surface area (Å²) in [4.78, 5) is 24.8. The number of halogens is 9. The highest BCUT2D eigenvalue weighted by molar-refractivity contribution is 5.87. The fourth-order valence-electron chi connectivity index (χ4n) is 5.65. The third-order valence-corrected chi connectivity index (χ3v) is 9.41. The fraction of sp³-hybridized carbons (Fsp3) is 0.714. The quantitative estimate of drug-likeness (QED) is 0.0564. The van der Waals surface area contributed by atoms with Crippen LogP contribution in [0.4, 0.5) is 39.5 Å². The van der Waals surface area contributed by atoms with E-state index in [1.807, 2.05) is 20.8 Å². The summed E-state index contributed by atoms with van der Waals surface area (Å²) >= 11 is 0. The average molecular weight is 748 g/mol. The minimum absolute atomic E-state index is 0.0163. The van der Waals surface area contributed by atoms with Gasteiger partial charge in [0.05, 0.1) is 13.2 Å². The maximum Gasteiger partial charge on any atom is 0.460 e. The van der Waals surface area contributed by atoms with Gasteiger partial charge in [0.1, 0.15) is 18.5 Å². The summed E-state index contributed by atoms with van der Waals surface area (Å²) in [6.07, 6.45) is -0.813. The monoisotopic (exact) mass is 747 g/mol. The van der Waals surface area contributed by atoms with Crippen LogP contribution in [-0.2, 0) is 23.8 Å². The van der Waals surface area contributed by atoms with E-state index in [0.29, 0.717) is 49.8 Å². The van der Waals surface area contributed by atoms with E-state index in [1.165, 1.54) is 6.08 Å². The lowest BCUT2D eigenvalue weighted by atomic mass is 9.87. The smallest absolute Gasteiger partial charge is 0.460 e. The van der Waals surface area contributed by atoms with E-state index in [2.05, 4.69) is 5.32 Å². The Morgan fingerprint density at radius 2 is 1.41 bits per heavy atom. The van der Waals surface area contributed by atoms with Crippen LogP contribution in [0.5, 0.6) is 5.75 Å². The molecule has 0 unspecified atom stereocenters. The van der Waals surface area contributed by atoms with Crippen LogP contribution in [0.2, 0.25) is 0 Å². The molecule has 0 heterocycles. The number of amides is 1. The summed E-state index contributed by atoms with van der Waals surface area (Å²) < 4.78 is 141. The second kappa shape index (κ2) is 17.2. The van der Waals surface area contributed by atoms with Crippen LogP contribution in [0.3, 0.4) is 0 Å². The van der Waals surface area contributed by atoms with Crippen LogP contribution in [-0.4, -0.2) is 73.6 Å². The predicted octanol–water partition coefficient (Wildman–Crippen LogP) is 9.04. The number of carbonyl (C=O) groups excluding carboxylic acids is 2. The van der Waals surface area contributed by atoms with Gasteiger partial charge in [0, 0.05) is 36.8 Å². The molecule has 0 atom stereocenters. The first kappa shape index (κ1) is 42.4. The van der Waals surface area contributed by atoms with E-state index in [1.54, 1.807) is 30.3 Å². The first-order valence-corrected chi connectivity index (χ1v) is 17.1. The number of carbonyl (C=O) groups is 2. The molecule has 1 aromatic carbocycles. The minimum Gasteiger partial charge on any atom is -0.491 e. The van der Waals surface area contributed by atoms with Crippen molar-refractivity contribution in [2.24, 2.45) is 5.41 Å². The molecule has 2 saturated carbocycles. The molecule has 3 rings (SSSR count). The van der Waals surface area contributed by atoms with Gasteiger partial charge < -0.3 is 24.3 Å². The Kier molecular flexibility index (Phi) is 14.3. The Morgan fingerprint density at radius 3 is 1.98 bits per heavy atom. The van der Waals surface area contributed by atoms with Crippen LogP contribution in [0.1, 0.15) is 97.0 Å². The zero-order chi connectivity index (χ0) is 38.1. The molecule has 51 heavy (non-hydrogen) atoms. The van der Waals surface area contributed by atoms with Gasteiger partial charge in [-0.25, -0.2) is 4.79 Å². The number of esters is 1. The molecular weight excluding hydrogens is 701 g/mol. The maximum absolute atomic E-state index is 14.0. The van der Waals surface area contributed by atoms with E-state index in [4.69, 9.17) is 18.9 Å². The second-order valence-electron chi connectivity index (χ2n) is 13.6. The molecular formula is C35H46F9NO6. The van der Waals surface area contributed by atoms with Crippen LogP contribution < -0.4 is 10.1 Å². The number of hydrogen-bond acceptors (Lipinski definition) is 6. The molecule has 1 aromatic rings. The molecule has 1 N–H and O–H groups in total. The Balaban J connectivity index is 1.42. The Morgan fingerprint density at radius 1 is 0.824 bits per heavy atom. The molecule has 290 valence electrons. The number of benzene rings is 1. The normalized spacial score (nSPS) is 20.6. The van der Waals surface area contributed by atoms with Crippen LogP contribution in [0.25, 0.3) is 6.08 Å². The molecule has 7 nitrogen and oxygen atoms in total. The molecule has 1 amide bonds. The van der Waals surface area contributed by atoms with Crippen molar-refractivity contribution < 1.29 is 68.1 Å². The van der Waals surface area contributed by atoms with E-state index >= 15 is 0 Å². The first-order valence-electron chi connectivity index (χ1n) is 17.1. The van der Waals surface area contributed by atoms with Crippen molar-refractivity contribution in [2.45, 2.75) is 133 Å². The number of ether oxygens (including phenoxy) is 4. The topological polar surface area (TPSA) is 83.1 Å². The van der Waals surface area contributed by atoms with Crippen LogP contribution in [0.15, 0.2) is 30.3 Å². The van der Waals surface area contributed by atoms with Crippen molar-refractivity contribution in [3.8, 4) is 5.75 Å². The molecule has 16 heteroatoms. The largest absolute Gasteiger partial charge is 0.491 e. The van der Waals surface area contributed by atoms with Gasteiger partial charge in [0.25, 0.3) is 0 Å². The minimum atomic E-state index is -6.95. The summed E-state index contributed by atoms with van der Waals surface area (Å²) in [5.41, 5.74) is 0.234. The van der Waals surface area contributed by atoms with Crippen LogP contribution >= 0.6 is 0 Å². The maximum atomic E-state index is 14.0. The van der Waals surface area contributed by atoms with Crippen molar-refractivity contribution in [3.63, 3.8) is 0 Å². The lowest BCUT2D eigenvalue weighted by Gasteiger charge is -2.38.